The predicted octanol–water partition coefficient (Wildman–Crippen LogP) is 5.70. The van der Waals surface area contributed by atoms with Crippen LogP contribution in [0.3, 0.4) is 0 Å². The van der Waals surface area contributed by atoms with Gasteiger partial charge in [-0.2, -0.15) is 12.6 Å². The van der Waals surface area contributed by atoms with Gasteiger partial charge < -0.3 is 0 Å². The molecular weight excluding hydrogens is 356 g/mol. The van der Waals surface area contributed by atoms with Gasteiger partial charge in [0.15, 0.2) is 0 Å². The van der Waals surface area contributed by atoms with Gasteiger partial charge in [0.2, 0.25) is 0 Å². The van der Waals surface area contributed by atoms with Gasteiger partial charge in [-0.3, -0.25) is 9.59 Å². The SMILES string of the molecule is CC(=O)C1CCC(CS)CC1.CSSCC1CCC(C(C)=O)CC1. The molecule has 0 atom stereocenters. The van der Waals surface area contributed by atoms with Crippen LogP contribution in [0.1, 0.15) is 65.2 Å². The number of rotatable bonds is 6. The zero-order valence-electron chi connectivity index (χ0n) is 15.5. The Morgan fingerprint density at radius 3 is 1.58 bits per heavy atom. The van der Waals surface area contributed by atoms with Crippen LogP contribution in [0, 0.1) is 23.7 Å². The maximum absolute atomic E-state index is 11.1. The predicted molar refractivity (Wildman–Crippen MR) is 112 cm³/mol. The van der Waals surface area contributed by atoms with E-state index in [0.29, 0.717) is 23.4 Å². The highest BCUT2D eigenvalue weighted by atomic mass is 33.1. The molecule has 0 saturated heterocycles. The number of hydrogen-bond acceptors (Lipinski definition) is 5. The van der Waals surface area contributed by atoms with Gasteiger partial charge in [-0.1, -0.05) is 21.6 Å². The van der Waals surface area contributed by atoms with Crippen LogP contribution in [0.15, 0.2) is 0 Å². The number of carbonyl (C=O) groups excluding carboxylic acids is 2. The molecule has 2 saturated carbocycles. The zero-order chi connectivity index (χ0) is 17.9. The van der Waals surface area contributed by atoms with Crippen molar-refractivity contribution < 1.29 is 9.59 Å². The number of ketones is 2. The molecule has 2 rings (SSSR count). The molecule has 2 aliphatic carbocycles. The second-order valence-corrected chi connectivity index (χ2v) is 10.3. The number of carbonyl (C=O) groups is 2. The Morgan fingerprint density at radius 2 is 1.25 bits per heavy atom. The van der Waals surface area contributed by atoms with E-state index in [4.69, 9.17) is 0 Å². The average Bonchev–Trinajstić information content (AvgIpc) is 2.61. The highest BCUT2D eigenvalue weighted by Crippen LogP contribution is 2.33. The number of thiol groups is 1. The molecule has 140 valence electrons. The largest absolute Gasteiger partial charge is 0.300 e. The third kappa shape index (κ3) is 8.66. The first-order valence-electron chi connectivity index (χ1n) is 9.25. The van der Waals surface area contributed by atoms with Crippen LogP contribution >= 0.6 is 34.2 Å². The highest BCUT2D eigenvalue weighted by molar-refractivity contribution is 8.76. The van der Waals surface area contributed by atoms with Crippen molar-refractivity contribution in [2.75, 3.05) is 17.8 Å². The molecule has 0 unspecified atom stereocenters. The van der Waals surface area contributed by atoms with E-state index in [-0.39, 0.29) is 0 Å². The van der Waals surface area contributed by atoms with E-state index in [2.05, 4.69) is 18.9 Å². The van der Waals surface area contributed by atoms with Crippen LogP contribution in [-0.4, -0.2) is 29.3 Å². The minimum atomic E-state index is 0.367. The van der Waals surface area contributed by atoms with Crippen molar-refractivity contribution in [2.24, 2.45) is 23.7 Å². The highest BCUT2D eigenvalue weighted by Gasteiger charge is 2.24. The van der Waals surface area contributed by atoms with Crippen LogP contribution < -0.4 is 0 Å². The molecule has 2 nitrogen and oxygen atoms in total. The van der Waals surface area contributed by atoms with E-state index in [1.807, 2.05) is 21.6 Å². The fourth-order valence-electron chi connectivity index (χ4n) is 3.65. The van der Waals surface area contributed by atoms with Gasteiger partial charge in [0.05, 0.1) is 0 Å². The quantitative estimate of drug-likeness (QED) is 0.465. The molecule has 0 heterocycles. The average molecular weight is 391 g/mol. The van der Waals surface area contributed by atoms with E-state index in [0.717, 1.165) is 43.3 Å². The molecule has 2 fully saturated rings. The molecule has 24 heavy (non-hydrogen) atoms. The topological polar surface area (TPSA) is 34.1 Å². The lowest BCUT2D eigenvalue weighted by atomic mass is 9.81. The Kier molecular flexibility index (Phi) is 11.9. The fourth-order valence-corrected chi connectivity index (χ4v) is 5.66. The summed E-state index contributed by atoms with van der Waals surface area (Å²) in [6.07, 6.45) is 11.5. The van der Waals surface area contributed by atoms with Crippen LogP contribution in [0.4, 0.5) is 0 Å². The molecular formula is C19H34O2S3. The first-order valence-corrected chi connectivity index (χ1v) is 12.6. The lowest BCUT2D eigenvalue weighted by molar-refractivity contribution is -0.122. The molecule has 0 bridgehead atoms. The van der Waals surface area contributed by atoms with Crippen molar-refractivity contribution in [3.63, 3.8) is 0 Å². The molecule has 2 aliphatic rings. The van der Waals surface area contributed by atoms with Crippen LogP contribution in [0.25, 0.3) is 0 Å². The minimum absolute atomic E-state index is 0.367. The summed E-state index contributed by atoms with van der Waals surface area (Å²) < 4.78 is 0. The van der Waals surface area contributed by atoms with Crippen LogP contribution in [0.2, 0.25) is 0 Å². The Labute approximate surface area is 161 Å². The van der Waals surface area contributed by atoms with Crippen molar-refractivity contribution in [1.82, 2.24) is 0 Å². The zero-order valence-corrected chi connectivity index (χ0v) is 18.0. The summed E-state index contributed by atoms with van der Waals surface area (Å²) >= 11 is 4.26. The molecule has 0 radical (unpaired) electrons. The lowest BCUT2D eigenvalue weighted by Crippen LogP contribution is -2.20. The molecule has 0 aromatic heterocycles. The summed E-state index contributed by atoms with van der Waals surface area (Å²) in [5.74, 6) is 5.43. The molecule has 0 amide bonds. The van der Waals surface area contributed by atoms with Gasteiger partial charge in [0.1, 0.15) is 11.6 Å². The monoisotopic (exact) mass is 390 g/mol. The standard InChI is InChI=1S/C10H18OS2.C9H16OS/c1-8(11)10-5-3-9(4-6-10)7-13-12-2;1-7(10)9-4-2-8(6-11)3-5-9/h9-10H,3-7H2,1-2H3;8-9,11H,2-6H2,1H3. The second-order valence-electron chi connectivity index (χ2n) is 7.29. The summed E-state index contributed by atoms with van der Waals surface area (Å²) in [7, 11) is 3.81. The van der Waals surface area contributed by atoms with Gasteiger partial charge in [-0.15, -0.1) is 0 Å². The summed E-state index contributed by atoms with van der Waals surface area (Å²) in [4.78, 5) is 22.1. The lowest BCUT2D eigenvalue weighted by Gasteiger charge is -2.26. The van der Waals surface area contributed by atoms with Gasteiger partial charge in [-0.05, 0) is 89.1 Å². The van der Waals surface area contributed by atoms with Gasteiger partial charge in [0, 0.05) is 17.6 Å². The molecule has 0 aromatic carbocycles. The first kappa shape index (κ1) is 22.4. The van der Waals surface area contributed by atoms with E-state index in [1.165, 1.54) is 31.4 Å². The summed E-state index contributed by atoms with van der Waals surface area (Å²) in [5.41, 5.74) is 0. The Morgan fingerprint density at radius 1 is 0.833 bits per heavy atom. The van der Waals surface area contributed by atoms with E-state index >= 15 is 0 Å². The Bertz CT molecular complexity index is 371. The first-order chi connectivity index (χ1) is 11.5. The Hall–Kier alpha value is 0.390. The van der Waals surface area contributed by atoms with Gasteiger partial charge in [-0.25, -0.2) is 0 Å². The van der Waals surface area contributed by atoms with E-state index in [1.54, 1.807) is 13.8 Å². The normalized spacial score (nSPS) is 30.2. The summed E-state index contributed by atoms with van der Waals surface area (Å²) in [6.45, 7) is 3.45. The molecule has 5 heteroatoms. The van der Waals surface area contributed by atoms with Crippen molar-refractivity contribution in [2.45, 2.75) is 65.2 Å². The van der Waals surface area contributed by atoms with Crippen molar-refractivity contribution in [3.8, 4) is 0 Å². The maximum Gasteiger partial charge on any atom is 0.132 e. The molecule has 0 aromatic rings. The number of hydrogen-bond donors (Lipinski definition) is 1. The summed E-state index contributed by atoms with van der Waals surface area (Å²) in [6, 6.07) is 0. The van der Waals surface area contributed by atoms with Crippen molar-refractivity contribution in [1.29, 1.82) is 0 Å². The van der Waals surface area contributed by atoms with E-state index in [9.17, 15) is 9.59 Å². The van der Waals surface area contributed by atoms with Crippen molar-refractivity contribution in [3.05, 3.63) is 0 Å². The molecule has 0 spiro atoms. The van der Waals surface area contributed by atoms with Crippen LogP contribution in [-0.2, 0) is 9.59 Å². The number of Topliss-reactive ketones (excluding diaryl/α,β-unsaturated/α-hetero) is 2. The van der Waals surface area contributed by atoms with E-state index < -0.39 is 0 Å². The second kappa shape index (κ2) is 12.7. The fraction of sp³-hybridized carbons (Fsp3) is 0.895. The minimum Gasteiger partial charge on any atom is -0.300 e. The third-order valence-corrected chi connectivity index (χ3v) is 8.00. The summed E-state index contributed by atoms with van der Waals surface area (Å²) in [5, 5.41) is 0. The van der Waals surface area contributed by atoms with Crippen molar-refractivity contribution >= 4 is 45.8 Å². The van der Waals surface area contributed by atoms with Crippen LogP contribution in [0.5, 0.6) is 0 Å². The smallest absolute Gasteiger partial charge is 0.132 e. The maximum atomic E-state index is 11.1. The van der Waals surface area contributed by atoms with Gasteiger partial charge >= 0.3 is 0 Å². The third-order valence-electron chi connectivity index (χ3n) is 5.52. The molecule has 0 N–H and O–H groups in total. The van der Waals surface area contributed by atoms with Gasteiger partial charge in [0.25, 0.3) is 0 Å². The molecule has 0 aliphatic heterocycles. The Balaban J connectivity index is 0.000000243.